The SMILES string of the molecule is N#CC(C#N)=CNc1ncn[nH]1. The van der Waals surface area contributed by atoms with Crippen LogP contribution >= 0.6 is 0 Å². The highest BCUT2D eigenvalue weighted by Gasteiger charge is 1.92. The Balaban J connectivity index is 2.63. The van der Waals surface area contributed by atoms with Crippen LogP contribution in [-0.4, -0.2) is 15.2 Å². The zero-order chi connectivity index (χ0) is 8.81. The van der Waals surface area contributed by atoms with Gasteiger partial charge in [-0.1, -0.05) is 0 Å². The van der Waals surface area contributed by atoms with Gasteiger partial charge in [0.1, 0.15) is 24.0 Å². The fourth-order valence-electron chi connectivity index (χ4n) is 0.505. The molecule has 0 aliphatic carbocycles. The lowest BCUT2D eigenvalue weighted by molar-refractivity contribution is 1.09. The first-order chi connectivity index (χ1) is 5.86. The number of hydrogen-bond donors (Lipinski definition) is 2. The van der Waals surface area contributed by atoms with Gasteiger partial charge in [-0.15, -0.1) is 0 Å². The Kier molecular flexibility index (Phi) is 2.42. The molecule has 12 heavy (non-hydrogen) atoms. The van der Waals surface area contributed by atoms with Gasteiger partial charge in [0, 0.05) is 6.20 Å². The van der Waals surface area contributed by atoms with E-state index in [9.17, 15) is 0 Å². The zero-order valence-corrected chi connectivity index (χ0v) is 5.94. The van der Waals surface area contributed by atoms with E-state index in [2.05, 4.69) is 20.5 Å². The summed E-state index contributed by atoms with van der Waals surface area (Å²) < 4.78 is 0. The van der Waals surface area contributed by atoms with Crippen LogP contribution in [0, 0.1) is 22.7 Å². The van der Waals surface area contributed by atoms with Crippen molar-refractivity contribution in [2.24, 2.45) is 0 Å². The van der Waals surface area contributed by atoms with E-state index in [-0.39, 0.29) is 5.57 Å². The number of rotatable bonds is 2. The lowest BCUT2D eigenvalue weighted by atomic mass is 10.4. The Bertz CT molecular complexity index is 332. The van der Waals surface area contributed by atoms with Crippen LogP contribution in [0.15, 0.2) is 18.1 Å². The molecule has 0 radical (unpaired) electrons. The maximum atomic E-state index is 8.33. The van der Waals surface area contributed by atoms with Gasteiger partial charge < -0.3 is 5.32 Å². The minimum atomic E-state index is -0.0219. The van der Waals surface area contributed by atoms with Crippen LogP contribution in [0.4, 0.5) is 5.95 Å². The number of nitrogens with one attached hydrogen (secondary N) is 2. The van der Waals surface area contributed by atoms with Crippen LogP contribution in [0.2, 0.25) is 0 Å². The first-order valence-electron chi connectivity index (χ1n) is 2.99. The molecular weight excluding hydrogens is 156 g/mol. The standard InChI is InChI=1S/C6H4N6/c7-1-5(2-8)3-9-6-10-4-11-12-6/h3-4H,(H2,9,10,11,12). The summed E-state index contributed by atoms with van der Waals surface area (Å²) in [6, 6.07) is 3.38. The molecule has 58 valence electrons. The van der Waals surface area contributed by atoms with Gasteiger partial charge in [0.25, 0.3) is 0 Å². The van der Waals surface area contributed by atoms with Crippen LogP contribution in [-0.2, 0) is 0 Å². The summed E-state index contributed by atoms with van der Waals surface area (Å²) in [5.74, 6) is 0.387. The number of H-pyrrole nitrogens is 1. The number of aromatic nitrogens is 3. The normalized spacial score (nSPS) is 7.83. The summed E-state index contributed by atoms with van der Waals surface area (Å²) in [5.41, 5.74) is -0.0219. The number of nitriles is 2. The molecule has 2 N–H and O–H groups in total. The van der Waals surface area contributed by atoms with Gasteiger partial charge in [-0.05, 0) is 0 Å². The van der Waals surface area contributed by atoms with E-state index in [1.807, 2.05) is 0 Å². The maximum Gasteiger partial charge on any atom is 0.222 e. The highest BCUT2D eigenvalue weighted by atomic mass is 15.3. The molecule has 0 aliphatic heterocycles. The van der Waals surface area contributed by atoms with Gasteiger partial charge in [0.15, 0.2) is 0 Å². The second-order valence-corrected chi connectivity index (χ2v) is 1.76. The molecule has 0 saturated carbocycles. The topological polar surface area (TPSA) is 101 Å². The van der Waals surface area contributed by atoms with Gasteiger partial charge >= 0.3 is 0 Å². The zero-order valence-electron chi connectivity index (χ0n) is 5.94. The van der Waals surface area contributed by atoms with Gasteiger partial charge in [0.2, 0.25) is 5.95 Å². The Morgan fingerprint density at radius 1 is 1.58 bits per heavy atom. The fraction of sp³-hybridized carbons (Fsp3) is 0. The van der Waals surface area contributed by atoms with E-state index in [0.29, 0.717) is 5.95 Å². The fourth-order valence-corrected chi connectivity index (χ4v) is 0.505. The number of allylic oxidation sites excluding steroid dienone is 1. The van der Waals surface area contributed by atoms with Crippen molar-refractivity contribution in [1.82, 2.24) is 15.2 Å². The average Bonchev–Trinajstić information content (AvgIpc) is 2.59. The second-order valence-electron chi connectivity index (χ2n) is 1.76. The molecule has 0 atom stereocenters. The molecule has 0 saturated heterocycles. The molecule has 0 aromatic carbocycles. The van der Waals surface area contributed by atoms with Crippen LogP contribution in [0.1, 0.15) is 0 Å². The van der Waals surface area contributed by atoms with E-state index in [1.54, 1.807) is 12.1 Å². The smallest absolute Gasteiger partial charge is 0.222 e. The minimum absolute atomic E-state index is 0.0219. The first-order valence-corrected chi connectivity index (χ1v) is 2.99. The summed E-state index contributed by atoms with van der Waals surface area (Å²) in [4.78, 5) is 3.72. The van der Waals surface area contributed by atoms with Crippen molar-refractivity contribution >= 4 is 5.95 Å². The Morgan fingerprint density at radius 2 is 2.33 bits per heavy atom. The molecule has 1 aromatic rings. The van der Waals surface area contributed by atoms with Crippen molar-refractivity contribution in [2.75, 3.05) is 5.32 Å². The monoisotopic (exact) mass is 160 g/mol. The molecular formula is C6H4N6. The van der Waals surface area contributed by atoms with E-state index < -0.39 is 0 Å². The molecule has 0 unspecified atom stereocenters. The number of hydrogen-bond acceptors (Lipinski definition) is 5. The molecule has 0 aliphatic rings. The summed E-state index contributed by atoms with van der Waals surface area (Å²) in [6.45, 7) is 0. The van der Waals surface area contributed by atoms with Crippen molar-refractivity contribution in [3.05, 3.63) is 18.1 Å². The van der Waals surface area contributed by atoms with E-state index in [1.165, 1.54) is 12.5 Å². The quantitative estimate of drug-likeness (QED) is 0.599. The van der Waals surface area contributed by atoms with E-state index in [0.717, 1.165) is 0 Å². The summed E-state index contributed by atoms with van der Waals surface area (Å²) in [5, 5.41) is 25.3. The van der Waals surface area contributed by atoms with Gasteiger partial charge in [-0.25, -0.2) is 5.10 Å². The lowest BCUT2D eigenvalue weighted by Gasteiger charge is -1.89. The molecule has 6 nitrogen and oxygen atoms in total. The summed E-state index contributed by atoms with van der Waals surface area (Å²) in [6.07, 6.45) is 2.56. The van der Waals surface area contributed by atoms with Crippen LogP contribution in [0.5, 0.6) is 0 Å². The molecule has 0 fully saturated rings. The third-order valence-electron chi connectivity index (χ3n) is 1.01. The molecule has 6 heteroatoms. The molecule has 1 heterocycles. The largest absolute Gasteiger partial charge is 0.329 e. The van der Waals surface area contributed by atoms with Crippen molar-refractivity contribution in [1.29, 1.82) is 10.5 Å². The van der Waals surface area contributed by atoms with Gasteiger partial charge in [0.05, 0.1) is 0 Å². The average molecular weight is 160 g/mol. The molecule has 0 bridgehead atoms. The maximum absolute atomic E-state index is 8.33. The van der Waals surface area contributed by atoms with Crippen LogP contribution < -0.4 is 5.32 Å². The van der Waals surface area contributed by atoms with Crippen molar-refractivity contribution in [2.45, 2.75) is 0 Å². The second kappa shape index (κ2) is 3.74. The Morgan fingerprint density at radius 3 is 2.83 bits per heavy atom. The van der Waals surface area contributed by atoms with E-state index >= 15 is 0 Å². The minimum Gasteiger partial charge on any atom is -0.329 e. The third kappa shape index (κ3) is 1.82. The van der Waals surface area contributed by atoms with Gasteiger partial charge in [-0.2, -0.15) is 20.6 Å². The highest BCUT2D eigenvalue weighted by Crippen LogP contribution is 1.94. The van der Waals surface area contributed by atoms with Crippen molar-refractivity contribution in [3.63, 3.8) is 0 Å². The predicted molar refractivity (Wildman–Crippen MR) is 39.3 cm³/mol. The number of nitrogens with zero attached hydrogens (tertiary/aromatic N) is 4. The molecule has 1 aromatic heterocycles. The highest BCUT2D eigenvalue weighted by molar-refractivity contribution is 5.40. The Hall–Kier alpha value is -2.34. The van der Waals surface area contributed by atoms with Crippen LogP contribution in [0.25, 0.3) is 0 Å². The van der Waals surface area contributed by atoms with Gasteiger partial charge in [-0.3, -0.25) is 0 Å². The van der Waals surface area contributed by atoms with E-state index in [4.69, 9.17) is 10.5 Å². The lowest BCUT2D eigenvalue weighted by Crippen LogP contribution is -1.91. The molecule has 1 rings (SSSR count). The summed E-state index contributed by atoms with van der Waals surface area (Å²) in [7, 11) is 0. The third-order valence-corrected chi connectivity index (χ3v) is 1.01. The molecule has 0 spiro atoms. The number of anilines is 1. The predicted octanol–water partition coefficient (Wildman–Crippen LogP) is 0.148. The van der Waals surface area contributed by atoms with Crippen molar-refractivity contribution in [3.8, 4) is 12.1 Å². The van der Waals surface area contributed by atoms with Crippen molar-refractivity contribution < 1.29 is 0 Å². The Labute approximate surface area is 68.2 Å². The number of aromatic amines is 1. The molecule has 0 amide bonds. The first kappa shape index (κ1) is 7.76. The van der Waals surface area contributed by atoms with Crippen LogP contribution in [0.3, 0.4) is 0 Å². The summed E-state index contributed by atoms with van der Waals surface area (Å²) >= 11 is 0.